The van der Waals surface area contributed by atoms with Crippen molar-refractivity contribution in [3.63, 3.8) is 0 Å². The standard InChI is InChI=1S/C9H12N4O/c1-7-9(5-12(2)10-7)13-4-3-8(6-14)11-13/h3-5,14H,6H2,1-2H3. The maximum Gasteiger partial charge on any atom is 0.105 e. The van der Waals surface area contributed by atoms with Crippen LogP contribution in [0.25, 0.3) is 5.69 Å². The summed E-state index contributed by atoms with van der Waals surface area (Å²) in [5.74, 6) is 0. The van der Waals surface area contributed by atoms with Crippen LogP contribution in [0.5, 0.6) is 0 Å². The van der Waals surface area contributed by atoms with Gasteiger partial charge in [0.15, 0.2) is 0 Å². The van der Waals surface area contributed by atoms with Gasteiger partial charge in [0, 0.05) is 13.2 Å². The van der Waals surface area contributed by atoms with E-state index in [-0.39, 0.29) is 6.61 Å². The van der Waals surface area contributed by atoms with Crippen LogP contribution < -0.4 is 0 Å². The topological polar surface area (TPSA) is 55.9 Å². The van der Waals surface area contributed by atoms with Crippen molar-refractivity contribution in [3.8, 4) is 5.69 Å². The van der Waals surface area contributed by atoms with Gasteiger partial charge in [-0.05, 0) is 13.0 Å². The zero-order valence-corrected chi connectivity index (χ0v) is 8.18. The van der Waals surface area contributed by atoms with E-state index in [0.29, 0.717) is 5.69 Å². The molecule has 5 nitrogen and oxygen atoms in total. The van der Waals surface area contributed by atoms with Gasteiger partial charge in [-0.15, -0.1) is 0 Å². The van der Waals surface area contributed by atoms with Crippen molar-refractivity contribution in [3.05, 3.63) is 29.8 Å². The average Bonchev–Trinajstić information content (AvgIpc) is 2.71. The fraction of sp³-hybridized carbons (Fsp3) is 0.333. The molecule has 0 spiro atoms. The van der Waals surface area contributed by atoms with E-state index in [4.69, 9.17) is 5.11 Å². The third-order valence-corrected chi connectivity index (χ3v) is 2.04. The number of hydrogen-bond donors (Lipinski definition) is 1. The van der Waals surface area contributed by atoms with Crippen molar-refractivity contribution in [2.24, 2.45) is 7.05 Å². The van der Waals surface area contributed by atoms with Crippen LogP contribution in [-0.2, 0) is 13.7 Å². The lowest BCUT2D eigenvalue weighted by molar-refractivity contribution is 0.276. The van der Waals surface area contributed by atoms with Crippen molar-refractivity contribution < 1.29 is 5.11 Å². The first kappa shape index (κ1) is 8.96. The van der Waals surface area contributed by atoms with Crippen molar-refractivity contribution in [2.75, 3.05) is 0 Å². The van der Waals surface area contributed by atoms with Crippen LogP contribution in [-0.4, -0.2) is 24.7 Å². The van der Waals surface area contributed by atoms with E-state index in [2.05, 4.69) is 10.2 Å². The summed E-state index contributed by atoms with van der Waals surface area (Å²) in [7, 11) is 1.87. The van der Waals surface area contributed by atoms with E-state index in [0.717, 1.165) is 11.4 Å². The Bertz CT molecular complexity index is 443. The van der Waals surface area contributed by atoms with Crippen LogP contribution in [0.4, 0.5) is 0 Å². The number of hydrogen-bond acceptors (Lipinski definition) is 3. The van der Waals surface area contributed by atoms with Gasteiger partial charge in [-0.2, -0.15) is 10.2 Å². The van der Waals surface area contributed by atoms with Crippen LogP contribution in [0.15, 0.2) is 18.5 Å². The highest BCUT2D eigenvalue weighted by Crippen LogP contribution is 2.10. The van der Waals surface area contributed by atoms with Crippen LogP contribution in [0.3, 0.4) is 0 Å². The molecule has 5 heteroatoms. The molecule has 1 N–H and O–H groups in total. The summed E-state index contributed by atoms with van der Waals surface area (Å²) in [5, 5.41) is 17.3. The van der Waals surface area contributed by atoms with Crippen molar-refractivity contribution >= 4 is 0 Å². The molecular weight excluding hydrogens is 180 g/mol. The largest absolute Gasteiger partial charge is 0.390 e. The second-order valence-electron chi connectivity index (χ2n) is 3.18. The first-order valence-corrected chi connectivity index (χ1v) is 4.36. The van der Waals surface area contributed by atoms with Gasteiger partial charge in [-0.3, -0.25) is 4.68 Å². The van der Waals surface area contributed by atoms with Crippen molar-refractivity contribution in [2.45, 2.75) is 13.5 Å². The molecule has 74 valence electrons. The summed E-state index contributed by atoms with van der Waals surface area (Å²) < 4.78 is 3.46. The molecule has 14 heavy (non-hydrogen) atoms. The first-order valence-electron chi connectivity index (χ1n) is 4.36. The minimum atomic E-state index is -0.0354. The minimum Gasteiger partial charge on any atom is -0.390 e. The summed E-state index contributed by atoms with van der Waals surface area (Å²) in [6, 6.07) is 1.78. The third kappa shape index (κ3) is 1.42. The quantitative estimate of drug-likeness (QED) is 0.749. The van der Waals surface area contributed by atoms with E-state index in [1.807, 2.05) is 26.4 Å². The van der Waals surface area contributed by atoms with Gasteiger partial charge in [0.05, 0.1) is 24.2 Å². The molecule has 0 saturated heterocycles. The van der Waals surface area contributed by atoms with Crippen LogP contribution in [0.1, 0.15) is 11.4 Å². The number of rotatable bonds is 2. The van der Waals surface area contributed by atoms with E-state index >= 15 is 0 Å². The van der Waals surface area contributed by atoms with Crippen molar-refractivity contribution in [1.82, 2.24) is 19.6 Å². The number of aromatic nitrogens is 4. The van der Waals surface area contributed by atoms with Gasteiger partial charge in [-0.25, -0.2) is 4.68 Å². The maximum atomic E-state index is 8.88. The Hall–Kier alpha value is -1.62. The zero-order valence-electron chi connectivity index (χ0n) is 8.18. The molecule has 0 aromatic carbocycles. The molecule has 0 aliphatic heterocycles. The molecule has 0 radical (unpaired) electrons. The Balaban J connectivity index is 2.43. The lowest BCUT2D eigenvalue weighted by Gasteiger charge is -1.96. The molecule has 0 aliphatic carbocycles. The predicted molar refractivity (Wildman–Crippen MR) is 51.0 cm³/mol. The monoisotopic (exact) mass is 192 g/mol. The van der Waals surface area contributed by atoms with Gasteiger partial charge >= 0.3 is 0 Å². The van der Waals surface area contributed by atoms with Gasteiger partial charge in [0.2, 0.25) is 0 Å². The van der Waals surface area contributed by atoms with E-state index < -0.39 is 0 Å². The Kier molecular flexibility index (Phi) is 2.09. The molecule has 2 rings (SSSR count). The minimum absolute atomic E-state index is 0.0354. The Morgan fingerprint density at radius 3 is 2.71 bits per heavy atom. The Morgan fingerprint density at radius 1 is 1.43 bits per heavy atom. The van der Waals surface area contributed by atoms with Gasteiger partial charge in [-0.1, -0.05) is 0 Å². The van der Waals surface area contributed by atoms with E-state index in [1.165, 1.54) is 0 Å². The summed E-state index contributed by atoms with van der Waals surface area (Å²) in [4.78, 5) is 0. The number of aryl methyl sites for hydroxylation is 2. The number of nitrogens with zero attached hydrogens (tertiary/aromatic N) is 4. The average molecular weight is 192 g/mol. The molecule has 0 atom stereocenters. The zero-order chi connectivity index (χ0) is 10.1. The predicted octanol–water partition coefficient (Wildman–Crippen LogP) is 0.407. The van der Waals surface area contributed by atoms with Gasteiger partial charge in [0.1, 0.15) is 5.69 Å². The third-order valence-electron chi connectivity index (χ3n) is 2.04. The highest BCUT2D eigenvalue weighted by atomic mass is 16.3. The molecule has 0 amide bonds. The molecule has 0 bridgehead atoms. The normalized spacial score (nSPS) is 10.8. The molecule has 2 aromatic heterocycles. The highest BCUT2D eigenvalue weighted by molar-refractivity contribution is 5.32. The molecule has 2 aromatic rings. The molecule has 0 aliphatic rings. The number of aliphatic hydroxyl groups is 1. The maximum absolute atomic E-state index is 8.88. The molecular formula is C9H12N4O. The smallest absolute Gasteiger partial charge is 0.105 e. The highest BCUT2D eigenvalue weighted by Gasteiger charge is 2.06. The van der Waals surface area contributed by atoms with Gasteiger partial charge in [0.25, 0.3) is 0 Å². The molecule has 0 fully saturated rings. The molecule has 0 unspecified atom stereocenters. The Morgan fingerprint density at radius 2 is 2.21 bits per heavy atom. The first-order chi connectivity index (χ1) is 6.70. The molecule has 0 saturated carbocycles. The van der Waals surface area contributed by atoms with Crippen LogP contribution in [0, 0.1) is 6.92 Å². The van der Waals surface area contributed by atoms with Gasteiger partial charge < -0.3 is 5.11 Å². The lowest BCUT2D eigenvalue weighted by Crippen LogP contribution is -1.96. The Labute approximate surface area is 81.6 Å². The summed E-state index contributed by atoms with van der Waals surface area (Å²) in [5.41, 5.74) is 2.51. The van der Waals surface area contributed by atoms with E-state index in [9.17, 15) is 0 Å². The summed E-state index contributed by atoms with van der Waals surface area (Å²) >= 11 is 0. The number of aliphatic hydroxyl groups excluding tert-OH is 1. The van der Waals surface area contributed by atoms with Crippen molar-refractivity contribution in [1.29, 1.82) is 0 Å². The fourth-order valence-corrected chi connectivity index (χ4v) is 1.39. The molecule has 2 heterocycles. The second kappa shape index (κ2) is 3.26. The van der Waals surface area contributed by atoms with E-state index in [1.54, 1.807) is 15.4 Å². The van der Waals surface area contributed by atoms with Crippen LogP contribution in [0.2, 0.25) is 0 Å². The summed E-state index contributed by atoms with van der Waals surface area (Å²) in [6.07, 6.45) is 3.71. The summed E-state index contributed by atoms with van der Waals surface area (Å²) in [6.45, 7) is 1.89. The lowest BCUT2D eigenvalue weighted by atomic mass is 10.4. The van der Waals surface area contributed by atoms with Crippen LogP contribution >= 0.6 is 0 Å². The fourth-order valence-electron chi connectivity index (χ4n) is 1.39. The second-order valence-corrected chi connectivity index (χ2v) is 3.18. The SMILES string of the molecule is Cc1nn(C)cc1-n1ccc(CO)n1.